The molecule has 2 unspecified atom stereocenters. The van der Waals surface area contributed by atoms with Crippen molar-refractivity contribution in [1.29, 1.82) is 0 Å². The van der Waals surface area contributed by atoms with Crippen molar-refractivity contribution < 1.29 is 5.11 Å². The first-order chi connectivity index (χ1) is 6.56. The number of aliphatic hydroxyl groups is 1. The summed E-state index contributed by atoms with van der Waals surface area (Å²) in [7, 11) is 0. The zero-order chi connectivity index (χ0) is 10.7. The van der Waals surface area contributed by atoms with Crippen LogP contribution in [0.3, 0.4) is 0 Å². The molecule has 0 aliphatic carbocycles. The molecule has 3 heteroatoms. The Hall–Kier alpha value is 0.140. The van der Waals surface area contributed by atoms with Gasteiger partial charge in [0, 0.05) is 4.88 Å². The maximum absolute atomic E-state index is 10.1. The second-order valence-electron chi connectivity index (χ2n) is 3.77. The molecular formula is C11H17BrOS. The maximum atomic E-state index is 10.1. The first-order valence-electron chi connectivity index (χ1n) is 5.00. The highest BCUT2D eigenvalue weighted by Crippen LogP contribution is 2.34. The molecule has 0 amide bonds. The molecule has 1 aromatic rings. The van der Waals surface area contributed by atoms with E-state index in [-0.39, 0.29) is 6.10 Å². The highest BCUT2D eigenvalue weighted by molar-refractivity contribution is 9.11. The van der Waals surface area contributed by atoms with E-state index in [1.54, 1.807) is 11.3 Å². The number of aliphatic hydroxyl groups excluding tert-OH is 1. The molecule has 1 nitrogen and oxygen atoms in total. The van der Waals surface area contributed by atoms with Crippen molar-refractivity contribution in [2.45, 2.75) is 39.7 Å². The van der Waals surface area contributed by atoms with Crippen molar-refractivity contribution in [3.8, 4) is 0 Å². The largest absolute Gasteiger partial charge is 0.388 e. The van der Waals surface area contributed by atoms with Crippen LogP contribution in [0.4, 0.5) is 0 Å². The fourth-order valence-electron chi connectivity index (χ4n) is 1.67. The zero-order valence-corrected chi connectivity index (χ0v) is 11.3. The van der Waals surface area contributed by atoms with Crippen LogP contribution in [0.5, 0.6) is 0 Å². The molecule has 0 fully saturated rings. The fourth-order valence-corrected chi connectivity index (χ4v) is 3.42. The highest BCUT2D eigenvalue weighted by Gasteiger charge is 2.19. The quantitative estimate of drug-likeness (QED) is 0.870. The molecule has 2 atom stereocenters. The Morgan fingerprint density at radius 3 is 2.64 bits per heavy atom. The smallest absolute Gasteiger partial charge is 0.0826 e. The van der Waals surface area contributed by atoms with Gasteiger partial charge in [0.2, 0.25) is 0 Å². The van der Waals surface area contributed by atoms with Crippen LogP contribution in [0.25, 0.3) is 0 Å². The van der Waals surface area contributed by atoms with Crippen LogP contribution in [-0.4, -0.2) is 5.11 Å². The maximum Gasteiger partial charge on any atom is 0.0826 e. The van der Waals surface area contributed by atoms with Gasteiger partial charge in [0.05, 0.1) is 9.89 Å². The van der Waals surface area contributed by atoms with Gasteiger partial charge in [0.15, 0.2) is 0 Å². The third-order valence-electron chi connectivity index (χ3n) is 2.53. The average Bonchev–Trinajstić information content (AvgIpc) is 2.44. The van der Waals surface area contributed by atoms with Crippen LogP contribution >= 0.6 is 27.3 Å². The molecule has 14 heavy (non-hydrogen) atoms. The molecule has 0 aliphatic rings. The number of hydrogen-bond donors (Lipinski definition) is 1. The molecule has 0 aromatic carbocycles. The first kappa shape index (κ1) is 12.2. The molecule has 1 N–H and O–H groups in total. The minimum absolute atomic E-state index is 0.308. The third-order valence-corrected chi connectivity index (χ3v) is 4.10. The molecule has 1 heterocycles. The van der Waals surface area contributed by atoms with E-state index in [0.717, 1.165) is 22.2 Å². The third kappa shape index (κ3) is 2.81. The van der Waals surface area contributed by atoms with E-state index in [0.29, 0.717) is 5.92 Å². The second kappa shape index (κ2) is 5.29. The monoisotopic (exact) mass is 276 g/mol. The van der Waals surface area contributed by atoms with E-state index >= 15 is 0 Å². The van der Waals surface area contributed by atoms with Gasteiger partial charge in [0.1, 0.15) is 0 Å². The van der Waals surface area contributed by atoms with Crippen molar-refractivity contribution in [3.63, 3.8) is 0 Å². The molecule has 80 valence electrons. The van der Waals surface area contributed by atoms with Gasteiger partial charge in [-0.3, -0.25) is 0 Å². The molecule has 0 radical (unpaired) electrons. The molecule has 1 rings (SSSR count). The summed E-state index contributed by atoms with van der Waals surface area (Å²) in [5, 5.41) is 10.1. The predicted molar refractivity (Wildman–Crippen MR) is 65.8 cm³/mol. The lowest BCUT2D eigenvalue weighted by atomic mass is 9.94. The predicted octanol–water partition coefficient (Wildman–Crippen LogP) is 4.29. The van der Waals surface area contributed by atoms with Crippen LogP contribution in [0, 0.1) is 12.8 Å². The normalized spacial score (nSPS) is 15.5. The topological polar surface area (TPSA) is 20.2 Å². The second-order valence-corrected chi connectivity index (χ2v) is 6.41. The molecule has 0 aliphatic heterocycles. The number of thiophene rings is 1. The first-order valence-corrected chi connectivity index (χ1v) is 6.61. The van der Waals surface area contributed by atoms with Gasteiger partial charge in [-0.05, 0) is 46.8 Å². The Kier molecular flexibility index (Phi) is 4.61. The lowest BCUT2D eigenvalue weighted by molar-refractivity contribution is 0.112. The summed E-state index contributed by atoms with van der Waals surface area (Å²) in [6, 6.07) is 2.04. The van der Waals surface area contributed by atoms with E-state index in [9.17, 15) is 5.11 Å². The summed E-state index contributed by atoms with van der Waals surface area (Å²) in [6.45, 7) is 6.32. The summed E-state index contributed by atoms with van der Waals surface area (Å²) in [5.74, 6) is 0.347. The minimum atomic E-state index is -0.308. The molecule has 0 bridgehead atoms. The van der Waals surface area contributed by atoms with E-state index < -0.39 is 0 Å². The van der Waals surface area contributed by atoms with Crippen molar-refractivity contribution in [2.75, 3.05) is 0 Å². The number of halogens is 1. The molecule has 1 aromatic heterocycles. The Labute approximate surface area is 98.3 Å². The van der Waals surface area contributed by atoms with Gasteiger partial charge in [-0.15, -0.1) is 11.3 Å². The molecular weight excluding hydrogens is 260 g/mol. The number of hydrogen-bond acceptors (Lipinski definition) is 2. The Bertz CT molecular complexity index is 295. The summed E-state index contributed by atoms with van der Waals surface area (Å²) in [4.78, 5) is 1.22. The summed E-state index contributed by atoms with van der Waals surface area (Å²) in [5.41, 5.74) is 1.09. The summed E-state index contributed by atoms with van der Waals surface area (Å²) >= 11 is 5.14. The van der Waals surface area contributed by atoms with Gasteiger partial charge >= 0.3 is 0 Å². The van der Waals surface area contributed by atoms with Crippen LogP contribution in [0.1, 0.15) is 43.2 Å². The minimum Gasteiger partial charge on any atom is -0.388 e. The van der Waals surface area contributed by atoms with Crippen LogP contribution in [-0.2, 0) is 0 Å². The van der Waals surface area contributed by atoms with E-state index in [4.69, 9.17) is 0 Å². The van der Waals surface area contributed by atoms with Gasteiger partial charge in [-0.1, -0.05) is 20.3 Å². The Morgan fingerprint density at radius 2 is 2.21 bits per heavy atom. The van der Waals surface area contributed by atoms with E-state index in [1.165, 1.54) is 4.88 Å². The lowest BCUT2D eigenvalue weighted by Gasteiger charge is -2.17. The van der Waals surface area contributed by atoms with Crippen molar-refractivity contribution in [1.82, 2.24) is 0 Å². The van der Waals surface area contributed by atoms with E-state index in [2.05, 4.69) is 36.7 Å². The van der Waals surface area contributed by atoms with Gasteiger partial charge < -0.3 is 5.11 Å². The lowest BCUT2D eigenvalue weighted by Crippen LogP contribution is -2.08. The molecule has 0 saturated heterocycles. The number of rotatable bonds is 4. The standard InChI is InChI=1S/C11H17BrOS/c1-4-5-7(2)11(13)9-6-10(12)14-8(9)3/h6-7,11,13H,4-5H2,1-3H3. The van der Waals surface area contributed by atoms with Crippen LogP contribution in [0.2, 0.25) is 0 Å². The fraction of sp³-hybridized carbons (Fsp3) is 0.636. The SMILES string of the molecule is CCCC(C)C(O)c1cc(Br)sc1C. The van der Waals surface area contributed by atoms with Crippen molar-refractivity contribution in [2.24, 2.45) is 5.92 Å². The van der Waals surface area contributed by atoms with Gasteiger partial charge in [-0.2, -0.15) is 0 Å². The van der Waals surface area contributed by atoms with E-state index in [1.807, 2.05) is 6.07 Å². The molecule has 0 saturated carbocycles. The molecule has 0 spiro atoms. The van der Waals surface area contributed by atoms with Crippen LogP contribution < -0.4 is 0 Å². The summed E-state index contributed by atoms with van der Waals surface area (Å²) < 4.78 is 1.10. The number of aryl methyl sites for hydroxylation is 1. The Balaban J connectivity index is 2.77. The zero-order valence-electron chi connectivity index (χ0n) is 8.88. The van der Waals surface area contributed by atoms with Crippen molar-refractivity contribution in [3.05, 3.63) is 20.3 Å². The summed E-state index contributed by atoms with van der Waals surface area (Å²) in [6.07, 6.45) is 1.90. The highest BCUT2D eigenvalue weighted by atomic mass is 79.9. The van der Waals surface area contributed by atoms with Crippen LogP contribution in [0.15, 0.2) is 9.85 Å². The van der Waals surface area contributed by atoms with Gasteiger partial charge in [0.25, 0.3) is 0 Å². The van der Waals surface area contributed by atoms with Gasteiger partial charge in [-0.25, -0.2) is 0 Å². The Morgan fingerprint density at radius 1 is 1.57 bits per heavy atom. The van der Waals surface area contributed by atoms with Crippen molar-refractivity contribution >= 4 is 27.3 Å². The average molecular weight is 277 g/mol.